The van der Waals surface area contributed by atoms with E-state index < -0.39 is 0 Å². The lowest BCUT2D eigenvalue weighted by atomic mass is 9.99. The molecular formula is C23H26N6O2. The van der Waals surface area contributed by atoms with E-state index in [1.165, 1.54) is 0 Å². The van der Waals surface area contributed by atoms with E-state index in [1.807, 2.05) is 65.2 Å². The number of nitrogens with one attached hydrogen (secondary N) is 2. The Morgan fingerprint density at radius 1 is 1.19 bits per heavy atom. The Morgan fingerprint density at radius 3 is 2.65 bits per heavy atom. The molecule has 0 unspecified atom stereocenters. The number of aromatic nitrogens is 5. The normalized spacial score (nSPS) is 11.8. The molecule has 0 aliphatic carbocycles. The van der Waals surface area contributed by atoms with Gasteiger partial charge in [-0.15, -0.1) is 0 Å². The highest BCUT2D eigenvalue weighted by atomic mass is 16.2. The molecule has 1 amide bonds. The van der Waals surface area contributed by atoms with Crippen LogP contribution >= 0.6 is 0 Å². The third-order valence-corrected chi connectivity index (χ3v) is 5.20. The molecule has 4 rings (SSSR count). The van der Waals surface area contributed by atoms with Crippen LogP contribution in [0.25, 0.3) is 22.3 Å². The molecule has 0 saturated carbocycles. The number of aromatic amines is 1. The zero-order valence-electron chi connectivity index (χ0n) is 18.4. The number of H-pyrrole nitrogens is 1. The summed E-state index contributed by atoms with van der Waals surface area (Å²) in [7, 11) is 1.84. The second-order valence-corrected chi connectivity index (χ2v) is 8.72. The minimum absolute atomic E-state index is 0.173. The molecule has 0 atom stereocenters. The van der Waals surface area contributed by atoms with Gasteiger partial charge < -0.3 is 10.3 Å². The van der Waals surface area contributed by atoms with Gasteiger partial charge in [-0.25, -0.2) is 9.78 Å². The molecule has 0 radical (unpaired) electrons. The maximum Gasteiger partial charge on any atom is 0.328 e. The molecule has 8 heteroatoms. The summed E-state index contributed by atoms with van der Waals surface area (Å²) in [6, 6.07) is 9.34. The Kier molecular flexibility index (Phi) is 5.00. The van der Waals surface area contributed by atoms with Gasteiger partial charge in [-0.1, -0.05) is 6.07 Å². The van der Waals surface area contributed by atoms with E-state index in [9.17, 15) is 9.59 Å². The van der Waals surface area contributed by atoms with Crippen LogP contribution in [0.1, 0.15) is 42.4 Å². The summed E-state index contributed by atoms with van der Waals surface area (Å²) in [4.78, 5) is 32.6. The highest BCUT2D eigenvalue weighted by molar-refractivity contribution is 5.96. The van der Waals surface area contributed by atoms with Gasteiger partial charge in [0, 0.05) is 36.1 Å². The highest BCUT2D eigenvalue weighted by Gasteiger charge is 2.21. The molecule has 0 aliphatic rings. The lowest BCUT2D eigenvalue weighted by Gasteiger charge is -2.19. The fourth-order valence-electron chi connectivity index (χ4n) is 3.67. The van der Waals surface area contributed by atoms with Crippen molar-refractivity contribution in [3.8, 4) is 11.1 Å². The predicted octanol–water partition coefficient (Wildman–Crippen LogP) is 3.12. The van der Waals surface area contributed by atoms with Gasteiger partial charge in [0.15, 0.2) is 5.65 Å². The average Bonchev–Trinajstić information content (AvgIpc) is 3.27. The topological polar surface area (TPSA) is 97.6 Å². The Bertz CT molecular complexity index is 1340. The van der Waals surface area contributed by atoms with Crippen LogP contribution in [0.15, 0.2) is 47.5 Å². The zero-order valence-corrected chi connectivity index (χ0v) is 18.4. The van der Waals surface area contributed by atoms with Gasteiger partial charge >= 0.3 is 5.69 Å². The summed E-state index contributed by atoms with van der Waals surface area (Å²) in [5.74, 6) is -0.173. The van der Waals surface area contributed by atoms with Crippen LogP contribution in [0.4, 0.5) is 0 Å². The Labute approximate surface area is 179 Å². The van der Waals surface area contributed by atoms with E-state index in [0.717, 1.165) is 22.4 Å². The molecule has 2 N–H and O–H groups in total. The van der Waals surface area contributed by atoms with Gasteiger partial charge in [0.05, 0.1) is 17.8 Å². The minimum Gasteiger partial charge on any atom is -0.346 e. The van der Waals surface area contributed by atoms with Crippen molar-refractivity contribution in [1.29, 1.82) is 0 Å². The van der Waals surface area contributed by atoms with Crippen LogP contribution in [0.3, 0.4) is 0 Å². The van der Waals surface area contributed by atoms with Crippen molar-refractivity contribution < 1.29 is 4.79 Å². The summed E-state index contributed by atoms with van der Waals surface area (Å²) in [6.07, 6.45) is 3.58. The monoisotopic (exact) mass is 418 g/mol. The molecule has 3 heterocycles. The number of pyridine rings is 1. The molecular weight excluding hydrogens is 392 g/mol. The van der Waals surface area contributed by atoms with Crippen LogP contribution in [0.2, 0.25) is 0 Å². The second-order valence-electron chi connectivity index (χ2n) is 8.72. The number of amides is 1. The molecule has 3 aromatic heterocycles. The standard InChI is InChI=1S/C23H26N6O2/c1-14-6-7-15(21(30)25-13-17-8-9-28(5)27-17)10-18(14)16-11-19-20(24-12-16)29(22(31)26-19)23(2,3)4/h6-12H,13H2,1-5H3,(H,25,30)(H,26,31). The van der Waals surface area contributed by atoms with Crippen LogP contribution in [-0.4, -0.2) is 30.2 Å². The SMILES string of the molecule is Cc1ccc(C(=O)NCc2ccn(C)n2)cc1-c1cnc2c(c1)[nH]c(=O)n2C(C)(C)C. The van der Waals surface area contributed by atoms with Gasteiger partial charge in [0.1, 0.15) is 0 Å². The van der Waals surface area contributed by atoms with Crippen molar-refractivity contribution in [2.75, 3.05) is 0 Å². The third-order valence-electron chi connectivity index (χ3n) is 5.20. The van der Waals surface area contributed by atoms with Crippen molar-refractivity contribution in [2.24, 2.45) is 7.05 Å². The molecule has 31 heavy (non-hydrogen) atoms. The summed E-state index contributed by atoms with van der Waals surface area (Å²) in [6.45, 7) is 8.24. The Hall–Kier alpha value is -3.68. The molecule has 8 nitrogen and oxygen atoms in total. The van der Waals surface area contributed by atoms with E-state index in [0.29, 0.717) is 23.3 Å². The molecule has 0 saturated heterocycles. The van der Waals surface area contributed by atoms with Gasteiger partial charge in [0.2, 0.25) is 0 Å². The smallest absolute Gasteiger partial charge is 0.328 e. The first kappa shape index (κ1) is 20.6. The number of hydrogen-bond acceptors (Lipinski definition) is 4. The van der Waals surface area contributed by atoms with Gasteiger partial charge in [-0.3, -0.25) is 14.0 Å². The van der Waals surface area contributed by atoms with Crippen molar-refractivity contribution >= 4 is 17.1 Å². The summed E-state index contributed by atoms with van der Waals surface area (Å²) in [5.41, 5.74) is 4.81. The van der Waals surface area contributed by atoms with E-state index >= 15 is 0 Å². The molecule has 0 bridgehead atoms. The van der Waals surface area contributed by atoms with Crippen LogP contribution in [0.5, 0.6) is 0 Å². The highest BCUT2D eigenvalue weighted by Crippen LogP contribution is 2.27. The lowest BCUT2D eigenvalue weighted by Crippen LogP contribution is -2.32. The van der Waals surface area contributed by atoms with Gasteiger partial charge in [-0.2, -0.15) is 5.10 Å². The Morgan fingerprint density at radius 2 is 1.97 bits per heavy atom. The quantitative estimate of drug-likeness (QED) is 0.532. The molecule has 0 aliphatic heterocycles. The van der Waals surface area contributed by atoms with E-state index in [2.05, 4.69) is 20.4 Å². The van der Waals surface area contributed by atoms with Crippen LogP contribution in [-0.2, 0) is 19.1 Å². The lowest BCUT2D eigenvalue weighted by molar-refractivity contribution is 0.0950. The number of hydrogen-bond donors (Lipinski definition) is 2. The summed E-state index contributed by atoms with van der Waals surface area (Å²) in [5, 5.41) is 7.18. The average molecular weight is 419 g/mol. The first-order chi connectivity index (χ1) is 14.6. The number of carbonyl (C=O) groups excluding carboxylic acids is 1. The first-order valence-corrected chi connectivity index (χ1v) is 10.1. The summed E-state index contributed by atoms with van der Waals surface area (Å²) >= 11 is 0. The number of aryl methyl sites for hydroxylation is 2. The molecule has 1 aromatic carbocycles. The minimum atomic E-state index is -0.384. The Balaban J connectivity index is 1.66. The maximum absolute atomic E-state index is 12.7. The predicted molar refractivity (Wildman–Crippen MR) is 120 cm³/mol. The number of rotatable bonds is 4. The number of benzene rings is 1. The van der Waals surface area contributed by atoms with Gasteiger partial charge in [-0.05, 0) is 63.1 Å². The van der Waals surface area contributed by atoms with E-state index in [-0.39, 0.29) is 17.1 Å². The fraction of sp³-hybridized carbons (Fsp3) is 0.304. The van der Waals surface area contributed by atoms with Crippen LogP contribution in [0, 0.1) is 6.92 Å². The number of carbonyl (C=O) groups is 1. The third kappa shape index (κ3) is 4.01. The van der Waals surface area contributed by atoms with Crippen molar-refractivity contribution in [3.05, 3.63) is 70.0 Å². The van der Waals surface area contributed by atoms with Crippen molar-refractivity contribution in [2.45, 2.75) is 39.8 Å². The second kappa shape index (κ2) is 7.54. The van der Waals surface area contributed by atoms with E-state index in [4.69, 9.17) is 0 Å². The molecule has 4 aromatic rings. The maximum atomic E-state index is 12.7. The summed E-state index contributed by atoms with van der Waals surface area (Å²) < 4.78 is 3.35. The van der Waals surface area contributed by atoms with Crippen LogP contribution < -0.4 is 11.0 Å². The van der Waals surface area contributed by atoms with Crippen molar-refractivity contribution in [1.82, 2.24) is 29.6 Å². The number of nitrogens with zero attached hydrogens (tertiary/aromatic N) is 4. The molecule has 0 fully saturated rings. The largest absolute Gasteiger partial charge is 0.346 e. The number of imidazole rings is 1. The number of fused-ring (bicyclic) bond motifs is 1. The fourth-order valence-corrected chi connectivity index (χ4v) is 3.67. The molecule has 160 valence electrons. The van der Waals surface area contributed by atoms with E-state index in [1.54, 1.807) is 21.5 Å². The molecule has 0 spiro atoms. The zero-order chi connectivity index (χ0) is 22.3. The first-order valence-electron chi connectivity index (χ1n) is 10.1. The van der Waals surface area contributed by atoms with Gasteiger partial charge in [0.25, 0.3) is 5.91 Å². The van der Waals surface area contributed by atoms with Crippen molar-refractivity contribution in [3.63, 3.8) is 0 Å².